The Morgan fingerprint density at radius 1 is 1.27 bits per heavy atom. The summed E-state index contributed by atoms with van der Waals surface area (Å²) in [6.45, 7) is 0. The van der Waals surface area contributed by atoms with Gasteiger partial charge in [-0.05, 0) is 29.8 Å². The van der Waals surface area contributed by atoms with Crippen molar-refractivity contribution in [1.29, 1.82) is 0 Å². The van der Waals surface area contributed by atoms with Crippen LogP contribution in [-0.2, 0) is 6.42 Å². The van der Waals surface area contributed by atoms with Crippen LogP contribution in [-0.4, -0.2) is 17.1 Å². The van der Waals surface area contributed by atoms with Crippen LogP contribution in [0.4, 0.5) is 0 Å². The topological polar surface area (TPSA) is 61.0 Å². The van der Waals surface area contributed by atoms with E-state index in [1.165, 1.54) is 0 Å². The molecule has 4 nitrogen and oxygen atoms in total. The number of pyridine rings is 1. The fraction of sp³-hybridized carbons (Fsp3) is 0.176. The van der Waals surface area contributed by atoms with E-state index in [-0.39, 0.29) is 6.04 Å². The Kier molecular flexibility index (Phi) is 4.46. The minimum atomic E-state index is -0.0944. The van der Waals surface area contributed by atoms with Crippen molar-refractivity contribution in [2.45, 2.75) is 12.5 Å². The molecule has 0 fully saturated rings. The highest BCUT2D eigenvalue weighted by molar-refractivity contribution is 7.09. The van der Waals surface area contributed by atoms with Crippen molar-refractivity contribution in [2.75, 3.05) is 7.11 Å². The fourth-order valence-electron chi connectivity index (χ4n) is 2.23. The predicted molar refractivity (Wildman–Crippen MR) is 89.0 cm³/mol. The predicted octanol–water partition coefficient (Wildman–Crippen LogP) is 3.46. The molecule has 0 aliphatic carbocycles. The van der Waals surface area contributed by atoms with Gasteiger partial charge in [0.1, 0.15) is 5.75 Å². The first-order valence-electron chi connectivity index (χ1n) is 7.00. The van der Waals surface area contributed by atoms with Gasteiger partial charge in [0.2, 0.25) is 0 Å². The summed E-state index contributed by atoms with van der Waals surface area (Å²) in [7, 11) is 1.66. The highest BCUT2D eigenvalue weighted by atomic mass is 32.1. The third kappa shape index (κ3) is 3.32. The highest BCUT2D eigenvalue weighted by Gasteiger charge is 2.12. The van der Waals surface area contributed by atoms with Crippen LogP contribution in [0.1, 0.15) is 16.6 Å². The second kappa shape index (κ2) is 6.68. The molecule has 0 saturated heterocycles. The smallest absolute Gasteiger partial charge is 0.119 e. The molecular weight excluding hydrogens is 294 g/mol. The molecule has 0 saturated carbocycles. The Labute approximate surface area is 133 Å². The van der Waals surface area contributed by atoms with Crippen LogP contribution in [0.25, 0.3) is 11.3 Å². The molecule has 2 aromatic heterocycles. The van der Waals surface area contributed by atoms with E-state index in [9.17, 15) is 0 Å². The molecule has 3 rings (SSSR count). The van der Waals surface area contributed by atoms with Gasteiger partial charge in [-0.25, -0.2) is 4.98 Å². The summed E-state index contributed by atoms with van der Waals surface area (Å²) in [5.74, 6) is 0.822. The van der Waals surface area contributed by atoms with Gasteiger partial charge in [-0.15, -0.1) is 11.3 Å². The van der Waals surface area contributed by atoms with E-state index in [1.807, 2.05) is 48.0 Å². The Balaban J connectivity index is 1.74. The van der Waals surface area contributed by atoms with Gasteiger partial charge in [-0.1, -0.05) is 12.1 Å². The van der Waals surface area contributed by atoms with Crippen molar-refractivity contribution < 1.29 is 4.74 Å². The number of methoxy groups -OCH3 is 1. The minimum Gasteiger partial charge on any atom is -0.497 e. The molecule has 0 amide bonds. The number of nitrogens with two attached hydrogens (primary N) is 1. The second-order valence-electron chi connectivity index (χ2n) is 4.96. The average molecular weight is 311 g/mol. The first kappa shape index (κ1) is 14.7. The molecule has 2 heterocycles. The zero-order valence-corrected chi connectivity index (χ0v) is 13.1. The summed E-state index contributed by atoms with van der Waals surface area (Å²) in [6, 6.07) is 11.7. The number of aromatic nitrogens is 2. The summed E-state index contributed by atoms with van der Waals surface area (Å²) in [5.41, 5.74) is 9.33. The Morgan fingerprint density at radius 2 is 2.18 bits per heavy atom. The van der Waals surface area contributed by atoms with Gasteiger partial charge in [-0.3, -0.25) is 4.98 Å². The Bertz CT molecular complexity index is 742. The first-order chi connectivity index (χ1) is 10.8. The number of rotatable bonds is 5. The third-order valence-electron chi connectivity index (χ3n) is 3.43. The molecule has 0 aliphatic rings. The van der Waals surface area contributed by atoms with Crippen molar-refractivity contribution in [3.05, 3.63) is 64.7 Å². The average Bonchev–Trinajstić information content (AvgIpc) is 3.04. The largest absolute Gasteiger partial charge is 0.497 e. The van der Waals surface area contributed by atoms with E-state index in [0.717, 1.165) is 27.6 Å². The molecule has 22 heavy (non-hydrogen) atoms. The zero-order chi connectivity index (χ0) is 15.4. The van der Waals surface area contributed by atoms with Crippen LogP contribution >= 0.6 is 11.3 Å². The summed E-state index contributed by atoms with van der Waals surface area (Å²) >= 11 is 1.63. The lowest BCUT2D eigenvalue weighted by atomic mass is 10.0. The molecule has 5 heteroatoms. The van der Waals surface area contributed by atoms with Crippen LogP contribution in [0.15, 0.2) is 54.2 Å². The maximum Gasteiger partial charge on any atom is 0.119 e. The molecular formula is C17H17N3OS. The molecule has 112 valence electrons. The monoisotopic (exact) mass is 311 g/mol. The molecule has 0 bridgehead atoms. The molecule has 0 radical (unpaired) electrons. The standard InChI is InChI=1S/C17H17N3OS/c1-21-14-6-2-4-12(8-14)15(18)9-17-20-16(11-22-17)13-5-3-7-19-10-13/h2-8,10-11,15H,9,18H2,1H3. The number of hydrogen-bond acceptors (Lipinski definition) is 5. The molecule has 1 aromatic carbocycles. The van der Waals surface area contributed by atoms with Crippen LogP contribution in [0.3, 0.4) is 0 Å². The first-order valence-corrected chi connectivity index (χ1v) is 7.88. The molecule has 3 aromatic rings. The summed E-state index contributed by atoms with van der Waals surface area (Å²) in [5, 5.41) is 3.07. The molecule has 2 N–H and O–H groups in total. The van der Waals surface area contributed by atoms with E-state index in [2.05, 4.69) is 9.97 Å². The van der Waals surface area contributed by atoms with Gasteiger partial charge < -0.3 is 10.5 Å². The Morgan fingerprint density at radius 3 is 2.95 bits per heavy atom. The van der Waals surface area contributed by atoms with Crippen molar-refractivity contribution in [3.8, 4) is 17.0 Å². The second-order valence-corrected chi connectivity index (χ2v) is 5.90. The van der Waals surface area contributed by atoms with E-state index >= 15 is 0 Å². The molecule has 0 aliphatic heterocycles. The minimum absolute atomic E-state index is 0.0944. The van der Waals surface area contributed by atoms with Crippen molar-refractivity contribution in [1.82, 2.24) is 9.97 Å². The maximum absolute atomic E-state index is 6.30. The van der Waals surface area contributed by atoms with Crippen molar-refractivity contribution in [3.63, 3.8) is 0 Å². The zero-order valence-electron chi connectivity index (χ0n) is 12.3. The number of nitrogens with zero attached hydrogens (tertiary/aromatic N) is 2. The summed E-state index contributed by atoms with van der Waals surface area (Å²) in [4.78, 5) is 8.78. The summed E-state index contributed by atoms with van der Waals surface area (Å²) in [6.07, 6.45) is 4.29. The molecule has 1 unspecified atom stereocenters. The third-order valence-corrected chi connectivity index (χ3v) is 4.30. The van der Waals surface area contributed by atoms with Crippen molar-refractivity contribution >= 4 is 11.3 Å². The highest BCUT2D eigenvalue weighted by Crippen LogP contribution is 2.25. The van der Waals surface area contributed by atoms with E-state index in [0.29, 0.717) is 6.42 Å². The summed E-state index contributed by atoms with van der Waals surface area (Å²) < 4.78 is 5.24. The normalized spacial score (nSPS) is 12.1. The van der Waals surface area contributed by atoms with Gasteiger partial charge in [-0.2, -0.15) is 0 Å². The van der Waals surface area contributed by atoms with Gasteiger partial charge in [0.05, 0.1) is 17.8 Å². The van der Waals surface area contributed by atoms with Gasteiger partial charge in [0, 0.05) is 35.8 Å². The fourth-order valence-corrected chi connectivity index (χ4v) is 3.09. The number of thiazole rings is 1. The molecule has 1 atom stereocenters. The van der Waals surface area contributed by atoms with Crippen LogP contribution in [0.5, 0.6) is 5.75 Å². The van der Waals surface area contributed by atoms with Gasteiger partial charge in [0.15, 0.2) is 0 Å². The maximum atomic E-state index is 6.30. The lowest BCUT2D eigenvalue weighted by Gasteiger charge is -2.11. The number of hydrogen-bond donors (Lipinski definition) is 1. The Hall–Kier alpha value is -2.24. The van der Waals surface area contributed by atoms with Gasteiger partial charge in [0.25, 0.3) is 0 Å². The number of benzene rings is 1. The molecule has 0 spiro atoms. The van der Waals surface area contributed by atoms with E-state index in [1.54, 1.807) is 24.6 Å². The van der Waals surface area contributed by atoms with E-state index in [4.69, 9.17) is 10.5 Å². The van der Waals surface area contributed by atoms with Crippen LogP contribution in [0, 0.1) is 0 Å². The quantitative estimate of drug-likeness (QED) is 0.784. The number of ether oxygens (including phenoxy) is 1. The van der Waals surface area contributed by atoms with Crippen molar-refractivity contribution in [2.24, 2.45) is 5.73 Å². The van der Waals surface area contributed by atoms with Crippen LogP contribution in [0.2, 0.25) is 0 Å². The van der Waals surface area contributed by atoms with E-state index < -0.39 is 0 Å². The lowest BCUT2D eigenvalue weighted by molar-refractivity contribution is 0.414. The van der Waals surface area contributed by atoms with Gasteiger partial charge >= 0.3 is 0 Å². The SMILES string of the molecule is COc1cccc(C(N)Cc2nc(-c3cccnc3)cs2)c1. The van der Waals surface area contributed by atoms with Crippen LogP contribution < -0.4 is 10.5 Å². The lowest BCUT2D eigenvalue weighted by Crippen LogP contribution is -2.13.